The van der Waals surface area contributed by atoms with E-state index in [1.54, 1.807) is 11.3 Å². The van der Waals surface area contributed by atoms with Crippen molar-refractivity contribution in [3.8, 4) is 11.8 Å². The van der Waals surface area contributed by atoms with Crippen LogP contribution in [0.25, 0.3) is 20.2 Å². The quantitative estimate of drug-likeness (QED) is 0.215. The van der Waals surface area contributed by atoms with Crippen molar-refractivity contribution in [3.05, 3.63) is 69.9 Å². The Morgan fingerprint density at radius 2 is 1.43 bits per heavy atom. The summed E-state index contributed by atoms with van der Waals surface area (Å²) in [5.74, 6) is 6.60. The van der Waals surface area contributed by atoms with Gasteiger partial charge in [0.1, 0.15) is 0 Å². The summed E-state index contributed by atoms with van der Waals surface area (Å²) in [6.07, 6.45) is 9.42. The maximum atomic E-state index is 3.33. The SMILES string of the molecule is CCCCCCCCc1cc2cc3sc(C#Cc4ccccc4)cc3cc2s1. The van der Waals surface area contributed by atoms with Gasteiger partial charge in [-0.05, 0) is 60.0 Å². The van der Waals surface area contributed by atoms with E-state index in [2.05, 4.69) is 55.2 Å². The molecule has 2 heteroatoms. The van der Waals surface area contributed by atoms with Gasteiger partial charge >= 0.3 is 0 Å². The highest BCUT2D eigenvalue weighted by Crippen LogP contribution is 2.34. The van der Waals surface area contributed by atoms with E-state index in [1.807, 2.05) is 29.5 Å². The van der Waals surface area contributed by atoms with Crippen LogP contribution in [-0.2, 0) is 6.42 Å². The Morgan fingerprint density at radius 1 is 0.714 bits per heavy atom. The molecule has 0 fully saturated rings. The number of benzene rings is 2. The summed E-state index contributed by atoms with van der Waals surface area (Å²) < 4.78 is 2.75. The van der Waals surface area contributed by atoms with Gasteiger partial charge in [0, 0.05) is 19.8 Å². The van der Waals surface area contributed by atoms with E-state index in [9.17, 15) is 0 Å². The van der Waals surface area contributed by atoms with Crippen molar-refractivity contribution in [2.24, 2.45) is 0 Å². The molecule has 0 saturated heterocycles. The first-order valence-electron chi connectivity index (χ1n) is 10.3. The zero-order chi connectivity index (χ0) is 19.2. The monoisotopic (exact) mass is 402 g/mol. The first-order chi connectivity index (χ1) is 13.8. The standard InChI is InChI=1S/C26H26S2/c1-2-3-4-5-6-10-13-23-16-21-18-26-22(19-25(21)27-23)17-24(28-26)15-14-20-11-8-7-9-12-20/h7-9,11-12,16-19H,2-6,10,13H2,1H3. The Hall–Kier alpha value is -2.08. The summed E-state index contributed by atoms with van der Waals surface area (Å²) in [7, 11) is 0. The lowest BCUT2D eigenvalue weighted by molar-refractivity contribution is 0.609. The fourth-order valence-corrected chi connectivity index (χ4v) is 5.63. The molecule has 0 saturated carbocycles. The topological polar surface area (TPSA) is 0 Å². The van der Waals surface area contributed by atoms with Crippen LogP contribution in [0.4, 0.5) is 0 Å². The smallest absolute Gasteiger partial charge is 0.0784 e. The molecule has 0 atom stereocenters. The third-order valence-electron chi connectivity index (χ3n) is 5.09. The van der Waals surface area contributed by atoms with Crippen LogP contribution in [-0.4, -0.2) is 0 Å². The molecule has 4 aromatic rings. The zero-order valence-electron chi connectivity index (χ0n) is 16.5. The molecular weight excluding hydrogens is 376 g/mol. The lowest BCUT2D eigenvalue weighted by Crippen LogP contribution is -1.82. The Balaban J connectivity index is 1.45. The van der Waals surface area contributed by atoms with Gasteiger partial charge in [0.25, 0.3) is 0 Å². The molecule has 0 N–H and O–H groups in total. The van der Waals surface area contributed by atoms with E-state index in [4.69, 9.17) is 0 Å². The molecule has 0 aliphatic carbocycles. The average molecular weight is 403 g/mol. The molecule has 2 heterocycles. The van der Waals surface area contributed by atoms with Gasteiger partial charge in [-0.3, -0.25) is 0 Å². The predicted molar refractivity (Wildman–Crippen MR) is 127 cm³/mol. The number of hydrogen-bond acceptors (Lipinski definition) is 2. The predicted octanol–water partition coefficient (Wildman–Crippen LogP) is 8.42. The third-order valence-corrected chi connectivity index (χ3v) is 7.26. The molecule has 0 amide bonds. The van der Waals surface area contributed by atoms with E-state index in [0.717, 1.165) is 10.4 Å². The van der Waals surface area contributed by atoms with E-state index in [0.29, 0.717) is 0 Å². The highest BCUT2D eigenvalue weighted by Gasteiger charge is 2.07. The van der Waals surface area contributed by atoms with Gasteiger partial charge in [0.2, 0.25) is 0 Å². The van der Waals surface area contributed by atoms with Crippen molar-refractivity contribution >= 4 is 42.8 Å². The maximum Gasteiger partial charge on any atom is 0.0784 e. The van der Waals surface area contributed by atoms with Crippen molar-refractivity contribution in [2.45, 2.75) is 51.9 Å². The molecule has 28 heavy (non-hydrogen) atoms. The number of hydrogen-bond donors (Lipinski definition) is 0. The molecule has 0 spiro atoms. The normalized spacial score (nSPS) is 11.0. The van der Waals surface area contributed by atoms with E-state index >= 15 is 0 Å². The van der Waals surface area contributed by atoms with Crippen LogP contribution in [0.3, 0.4) is 0 Å². The highest BCUT2D eigenvalue weighted by molar-refractivity contribution is 7.21. The summed E-state index contributed by atoms with van der Waals surface area (Å²) in [6, 6.07) is 19.6. The molecular formula is C26H26S2. The lowest BCUT2D eigenvalue weighted by Gasteiger charge is -1.98. The minimum absolute atomic E-state index is 1.07. The van der Waals surface area contributed by atoms with Crippen molar-refractivity contribution in [1.29, 1.82) is 0 Å². The van der Waals surface area contributed by atoms with E-state index in [1.165, 1.54) is 70.0 Å². The molecule has 0 bridgehead atoms. The summed E-state index contributed by atoms with van der Waals surface area (Å²) in [5, 5.41) is 2.71. The van der Waals surface area contributed by atoms with Crippen molar-refractivity contribution in [1.82, 2.24) is 0 Å². The van der Waals surface area contributed by atoms with Gasteiger partial charge in [-0.2, -0.15) is 0 Å². The second-order valence-corrected chi connectivity index (χ2v) is 9.64. The minimum Gasteiger partial charge on any atom is -0.140 e. The summed E-state index contributed by atoms with van der Waals surface area (Å²) in [4.78, 5) is 2.68. The number of unbranched alkanes of at least 4 members (excludes halogenated alkanes) is 5. The molecule has 0 unspecified atom stereocenters. The third kappa shape index (κ3) is 4.85. The fourth-order valence-electron chi connectivity index (χ4n) is 3.55. The Labute approximate surface area is 176 Å². The van der Waals surface area contributed by atoms with Crippen LogP contribution in [0.5, 0.6) is 0 Å². The molecule has 2 aromatic carbocycles. The molecule has 0 radical (unpaired) electrons. The molecule has 0 aliphatic heterocycles. The Kier molecular flexibility index (Phi) is 6.47. The summed E-state index contributed by atoms with van der Waals surface area (Å²) in [6.45, 7) is 2.28. The van der Waals surface area contributed by atoms with E-state index < -0.39 is 0 Å². The van der Waals surface area contributed by atoms with Crippen LogP contribution in [0.2, 0.25) is 0 Å². The van der Waals surface area contributed by atoms with Crippen LogP contribution in [0.1, 0.15) is 60.8 Å². The molecule has 0 aliphatic rings. The van der Waals surface area contributed by atoms with Crippen molar-refractivity contribution in [2.75, 3.05) is 0 Å². The van der Waals surface area contributed by atoms with Gasteiger partial charge in [-0.1, -0.05) is 69.1 Å². The fraction of sp³-hybridized carbons (Fsp3) is 0.308. The Morgan fingerprint density at radius 3 is 2.25 bits per heavy atom. The maximum absolute atomic E-state index is 3.33. The second kappa shape index (κ2) is 9.41. The van der Waals surface area contributed by atoms with Crippen molar-refractivity contribution < 1.29 is 0 Å². The highest BCUT2D eigenvalue weighted by atomic mass is 32.1. The zero-order valence-corrected chi connectivity index (χ0v) is 18.1. The molecule has 2 aromatic heterocycles. The average Bonchev–Trinajstić information content (AvgIpc) is 3.30. The van der Waals surface area contributed by atoms with Crippen LogP contribution < -0.4 is 0 Å². The van der Waals surface area contributed by atoms with Gasteiger partial charge in [0.15, 0.2) is 0 Å². The van der Waals surface area contributed by atoms with Crippen LogP contribution in [0.15, 0.2) is 54.6 Å². The van der Waals surface area contributed by atoms with Gasteiger partial charge in [-0.15, -0.1) is 22.7 Å². The number of rotatable bonds is 7. The first kappa shape index (κ1) is 19.2. The van der Waals surface area contributed by atoms with Gasteiger partial charge in [0.05, 0.1) is 4.88 Å². The van der Waals surface area contributed by atoms with Crippen LogP contribution >= 0.6 is 22.7 Å². The van der Waals surface area contributed by atoms with E-state index in [-0.39, 0.29) is 0 Å². The van der Waals surface area contributed by atoms with Crippen molar-refractivity contribution in [3.63, 3.8) is 0 Å². The molecule has 0 nitrogen and oxygen atoms in total. The molecule has 142 valence electrons. The van der Waals surface area contributed by atoms with Gasteiger partial charge in [-0.25, -0.2) is 0 Å². The summed E-state index contributed by atoms with van der Waals surface area (Å²) in [5.41, 5.74) is 1.07. The van der Waals surface area contributed by atoms with Gasteiger partial charge < -0.3 is 0 Å². The number of thiophene rings is 2. The molecule has 4 rings (SSSR count). The second-order valence-electron chi connectivity index (χ2n) is 7.39. The first-order valence-corrected chi connectivity index (χ1v) is 12.0. The van der Waals surface area contributed by atoms with Crippen LogP contribution in [0, 0.1) is 11.8 Å². The lowest BCUT2D eigenvalue weighted by atomic mass is 10.1. The minimum atomic E-state index is 1.07. The summed E-state index contributed by atoms with van der Waals surface area (Å²) >= 11 is 3.77. The Bertz CT molecular complexity index is 1050. The largest absolute Gasteiger partial charge is 0.140 e. The number of fused-ring (bicyclic) bond motifs is 2. The number of aryl methyl sites for hydroxylation is 1.